The fourth-order valence-corrected chi connectivity index (χ4v) is 2.05. The largest absolute Gasteiger partial charge is 0.314 e. The molecule has 5 nitrogen and oxygen atoms in total. The predicted octanol–water partition coefficient (Wildman–Crippen LogP) is 1.31. The zero-order valence-electron chi connectivity index (χ0n) is 9.52. The van der Waals surface area contributed by atoms with Gasteiger partial charge in [0.1, 0.15) is 5.82 Å². The monoisotopic (exact) mass is 239 g/mol. The summed E-state index contributed by atoms with van der Waals surface area (Å²) in [5.41, 5.74) is 0.294. The van der Waals surface area contributed by atoms with Crippen LogP contribution in [0, 0.1) is 15.9 Å². The number of benzene rings is 1. The first kappa shape index (κ1) is 11.9. The Kier molecular flexibility index (Phi) is 3.35. The molecule has 0 aromatic heterocycles. The van der Waals surface area contributed by atoms with Crippen LogP contribution in [0.25, 0.3) is 0 Å². The molecule has 0 spiro atoms. The van der Waals surface area contributed by atoms with Crippen molar-refractivity contribution in [3.8, 4) is 0 Å². The Morgan fingerprint density at radius 1 is 1.59 bits per heavy atom. The first-order valence-corrected chi connectivity index (χ1v) is 5.44. The number of halogens is 1. The minimum absolute atomic E-state index is 0.0652. The molecule has 1 heterocycles. The van der Waals surface area contributed by atoms with E-state index in [4.69, 9.17) is 0 Å². The van der Waals surface area contributed by atoms with Crippen LogP contribution in [-0.4, -0.2) is 36.5 Å². The van der Waals surface area contributed by atoms with Gasteiger partial charge < -0.3 is 5.32 Å². The molecule has 1 fully saturated rings. The molecule has 0 aliphatic carbocycles. The zero-order valence-corrected chi connectivity index (χ0v) is 9.52. The molecule has 1 atom stereocenters. The van der Waals surface area contributed by atoms with E-state index in [1.54, 1.807) is 0 Å². The highest BCUT2D eigenvalue weighted by molar-refractivity contribution is 5.36. The fraction of sp³-hybridized carbons (Fsp3) is 0.455. The minimum Gasteiger partial charge on any atom is -0.314 e. The van der Waals surface area contributed by atoms with Gasteiger partial charge in [-0.2, -0.15) is 0 Å². The Bertz CT molecular complexity index is 439. The van der Waals surface area contributed by atoms with Crippen LogP contribution in [0.4, 0.5) is 10.1 Å². The lowest BCUT2D eigenvalue weighted by molar-refractivity contribution is -0.385. The van der Waals surface area contributed by atoms with Crippen molar-refractivity contribution in [2.45, 2.75) is 6.04 Å². The Morgan fingerprint density at radius 3 is 2.94 bits per heavy atom. The van der Waals surface area contributed by atoms with E-state index in [1.807, 2.05) is 11.9 Å². The second kappa shape index (κ2) is 4.77. The second-order valence-corrected chi connectivity index (χ2v) is 4.16. The van der Waals surface area contributed by atoms with Gasteiger partial charge in [0.05, 0.1) is 11.0 Å². The third-order valence-corrected chi connectivity index (χ3v) is 3.06. The van der Waals surface area contributed by atoms with Gasteiger partial charge in [-0.1, -0.05) is 0 Å². The summed E-state index contributed by atoms with van der Waals surface area (Å²) in [4.78, 5) is 12.0. The maximum atomic E-state index is 13.8. The Labute approximate surface area is 98.4 Å². The molecular formula is C11H14FN3O2. The van der Waals surface area contributed by atoms with Gasteiger partial charge in [-0.3, -0.25) is 15.0 Å². The standard InChI is InChI=1S/C11H14FN3O2/c1-14-5-4-13-7-11(14)9-3-2-8(15(16)17)6-10(9)12/h2-3,6,11,13H,4-5,7H2,1H3. The number of piperazine rings is 1. The SMILES string of the molecule is CN1CCNCC1c1ccc([N+](=O)[O-])cc1F. The molecule has 0 saturated carbocycles. The van der Waals surface area contributed by atoms with Gasteiger partial charge in [0.2, 0.25) is 0 Å². The molecule has 1 unspecified atom stereocenters. The normalized spacial score (nSPS) is 21.4. The first-order valence-electron chi connectivity index (χ1n) is 5.44. The fourth-order valence-electron chi connectivity index (χ4n) is 2.05. The Hall–Kier alpha value is -1.53. The van der Waals surface area contributed by atoms with Crippen LogP contribution in [0.2, 0.25) is 0 Å². The molecule has 0 amide bonds. The molecule has 1 aliphatic rings. The van der Waals surface area contributed by atoms with Crippen LogP contribution >= 0.6 is 0 Å². The van der Waals surface area contributed by atoms with Crippen LogP contribution in [0.5, 0.6) is 0 Å². The van der Waals surface area contributed by atoms with E-state index in [2.05, 4.69) is 5.32 Å². The summed E-state index contributed by atoms with van der Waals surface area (Å²) >= 11 is 0. The van der Waals surface area contributed by atoms with Gasteiger partial charge in [-0.15, -0.1) is 0 Å². The second-order valence-electron chi connectivity index (χ2n) is 4.16. The molecular weight excluding hydrogens is 225 g/mol. The van der Waals surface area contributed by atoms with Crippen molar-refractivity contribution in [1.29, 1.82) is 0 Å². The highest BCUT2D eigenvalue weighted by Crippen LogP contribution is 2.26. The highest BCUT2D eigenvalue weighted by Gasteiger charge is 2.24. The number of nitro benzene ring substituents is 1. The van der Waals surface area contributed by atoms with Crippen LogP contribution in [0.15, 0.2) is 18.2 Å². The lowest BCUT2D eigenvalue weighted by Crippen LogP contribution is -2.44. The lowest BCUT2D eigenvalue weighted by Gasteiger charge is -2.33. The van der Waals surface area contributed by atoms with E-state index in [9.17, 15) is 14.5 Å². The molecule has 0 radical (unpaired) electrons. The van der Waals surface area contributed by atoms with Crippen LogP contribution < -0.4 is 5.32 Å². The molecule has 6 heteroatoms. The number of nitrogens with one attached hydrogen (secondary N) is 1. The van der Waals surface area contributed by atoms with Crippen molar-refractivity contribution < 1.29 is 9.31 Å². The molecule has 1 N–H and O–H groups in total. The molecule has 1 aromatic carbocycles. The van der Waals surface area contributed by atoms with E-state index >= 15 is 0 Å². The number of rotatable bonds is 2. The van der Waals surface area contributed by atoms with Crippen molar-refractivity contribution in [2.75, 3.05) is 26.7 Å². The Morgan fingerprint density at radius 2 is 2.35 bits per heavy atom. The summed E-state index contributed by atoms with van der Waals surface area (Å²) in [7, 11) is 1.92. The predicted molar refractivity (Wildman–Crippen MR) is 61.3 cm³/mol. The van der Waals surface area contributed by atoms with E-state index in [0.29, 0.717) is 12.1 Å². The summed E-state index contributed by atoms with van der Waals surface area (Å²) in [6.45, 7) is 2.37. The average Bonchev–Trinajstić information content (AvgIpc) is 2.30. The summed E-state index contributed by atoms with van der Waals surface area (Å²) in [5, 5.41) is 13.7. The van der Waals surface area contributed by atoms with Gasteiger partial charge in [0, 0.05) is 37.3 Å². The van der Waals surface area contributed by atoms with E-state index in [1.165, 1.54) is 12.1 Å². The minimum atomic E-state index is -0.588. The molecule has 0 bridgehead atoms. The van der Waals surface area contributed by atoms with Gasteiger partial charge >= 0.3 is 0 Å². The number of non-ortho nitro benzene ring substituents is 1. The molecule has 1 saturated heterocycles. The summed E-state index contributed by atoms with van der Waals surface area (Å²) in [5.74, 6) is -0.514. The number of likely N-dealkylation sites (N-methyl/N-ethyl adjacent to an activating group) is 1. The molecule has 17 heavy (non-hydrogen) atoms. The quantitative estimate of drug-likeness (QED) is 0.624. The van der Waals surface area contributed by atoms with Gasteiger partial charge in [-0.05, 0) is 13.1 Å². The summed E-state index contributed by atoms with van der Waals surface area (Å²) < 4.78 is 13.8. The lowest BCUT2D eigenvalue weighted by atomic mass is 10.0. The van der Waals surface area contributed by atoms with Gasteiger partial charge in [-0.25, -0.2) is 4.39 Å². The number of hydrogen-bond donors (Lipinski definition) is 1. The molecule has 1 aliphatic heterocycles. The van der Waals surface area contributed by atoms with E-state index in [0.717, 1.165) is 19.2 Å². The van der Waals surface area contributed by atoms with Gasteiger partial charge in [0.25, 0.3) is 5.69 Å². The summed E-state index contributed by atoms with van der Waals surface area (Å²) in [6.07, 6.45) is 0. The Balaban J connectivity index is 2.29. The molecule has 1 aromatic rings. The van der Waals surface area contributed by atoms with Crippen LogP contribution in [0.1, 0.15) is 11.6 Å². The third-order valence-electron chi connectivity index (χ3n) is 3.06. The van der Waals surface area contributed by atoms with Crippen LogP contribution in [0.3, 0.4) is 0 Å². The van der Waals surface area contributed by atoms with E-state index in [-0.39, 0.29) is 11.7 Å². The number of hydrogen-bond acceptors (Lipinski definition) is 4. The van der Waals surface area contributed by atoms with Crippen molar-refractivity contribution in [1.82, 2.24) is 10.2 Å². The first-order chi connectivity index (χ1) is 8.09. The average molecular weight is 239 g/mol. The van der Waals surface area contributed by atoms with Crippen LogP contribution in [-0.2, 0) is 0 Å². The third kappa shape index (κ3) is 2.42. The molecule has 2 rings (SSSR count). The van der Waals surface area contributed by atoms with Crippen molar-refractivity contribution >= 4 is 5.69 Å². The van der Waals surface area contributed by atoms with Crippen molar-refractivity contribution in [3.63, 3.8) is 0 Å². The smallest absolute Gasteiger partial charge is 0.272 e. The van der Waals surface area contributed by atoms with Crippen molar-refractivity contribution in [2.24, 2.45) is 0 Å². The highest BCUT2D eigenvalue weighted by atomic mass is 19.1. The molecule has 92 valence electrons. The van der Waals surface area contributed by atoms with Gasteiger partial charge in [0.15, 0.2) is 0 Å². The number of nitro groups is 1. The number of nitrogens with zero attached hydrogens (tertiary/aromatic N) is 2. The van der Waals surface area contributed by atoms with Crippen molar-refractivity contribution in [3.05, 3.63) is 39.7 Å². The zero-order chi connectivity index (χ0) is 12.4. The maximum absolute atomic E-state index is 13.8. The summed E-state index contributed by atoms with van der Waals surface area (Å²) in [6, 6.07) is 3.77. The maximum Gasteiger partial charge on any atom is 0.272 e. The van der Waals surface area contributed by atoms with E-state index < -0.39 is 10.7 Å². The topological polar surface area (TPSA) is 58.4 Å².